The highest BCUT2D eigenvalue weighted by atomic mass is 32.2. The Hall–Kier alpha value is -0.700. The van der Waals surface area contributed by atoms with E-state index in [0.717, 1.165) is 0 Å². The third-order valence-electron chi connectivity index (χ3n) is 2.41. The summed E-state index contributed by atoms with van der Waals surface area (Å²) in [5.74, 6) is 3.59. The molecular formula is C8H17N3O4S. The van der Waals surface area contributed by atoms with E-state index in [4.69, 9.17) is 10.6 Å². The van der Waals surface area contributed by atoms with Gasteiger partial charge >= 0.3 is 0 Å². The van der Waals surface area contributed by atoms with Crippen LogP contribution in [-0.4, -0.2) is 50.7 Å². The average Bonchev–Trinajstić information content (AvgIpc) is 2.28. The zero-order valence-corrected chi connectivity index (χ0v) is 10.00. The molecule has 1 fully saturated rings. The molecule has 8 heteroatoms. The normalized spacial score (nSPS) is 20.4. The van der Waals surface area contributed by atoms with Crippen LogP contribution in [0.25, 0.3) is 0 Å². The van der Waals surface area contributed by atoms with Crippen molar-refractivity contribution in [2.24, 2.45) is 11.8 Å². The summed E-state index contributed by atoms with van der Waals surface area (Å²) in [6.45, 7) is 3.02. The van der Waals surface area contributed by atoms with Crippen LogP contribution in [0.15, 0.2) is 0 Å². The molecule has 0 spiro atoms. The number of nitrogens with one attached hydrogen (secondary N) is 1. The Morgan fingerprint density at radius 3 is 2.56 bits per heavy atom. The zero-order chi connectivity index (χ0) is 12.2. The van der Waals surface area contributed by atoms with E-state index in [1.165, 1.54) is 11.2 Å². The summed E-state index contributed by atoms with van der Waals surface area (Å²) in [4.78, 5) is 11.1. The van der Waals surface area contributed by atoms with E-state index in [9.17, 15) is 13.2 Å². The van der Waals surface area contributed by atoms with Crippen LogP contribution in [0, 0.1) is 5.92 Å². The predicted molar refractivity (Wildman–Crippen MR) is 57.7 cm³/mol. The average molecular weight is 251 g/mol. The molecule has 1 heterocycles. The Morgan fingerprint density at radius 1 is 1.50 bits per heavy atom. The number of morpholine rings is 1. The van der Waals surface area contributed by atoms with Crippen LogP contribution in [0.2, 0.25) is 0 Å². The van der Waals surface area contributed by atoms with Gasteiger partial charge < -0.3 is 4.74 Å². The minimum atomic E-state index is -3.40. The standard InChI is InChI=1S/C8H17N3O4S/c1-7(8(12)10-9)6-16(13,14)11-2-4-15-5-3-11/h7H,2-6,9H2,1H3,(H,10,12). The molecule has 16 heavy (non-hydrogen) atoms. The van der Waals surface area contributed by atoms with Crippen LogP contribution >= 0.6 is 0 Å². The summed E-state index contributed by atoms with van der Waals surface area (Å²) in [5.41, 5.74) is 1.94. The molecule has 1 aliphatic heterocycles. The smallest absolute Gasteiger partial charge is 0.237 e. The molecule has 1 aliphatic rings. The van der Waals surface area contributed by atoms with E-state index in [0.29, 0.717) is 26.3 Å². The molecule has 1 saturated heterocycles. The number of nitrogens with two attached hydrogens (primary N) is 1. The molecule has 0 aromatic carbocycles. The van der Waals surface area contributed by atoms with Gasteiger partial charge in [0.05, 0.1) is 24.9 Å². The molecule has 0 bridgehead atoms. The van der Waals surface area contributed by atoms with Crippen LogP contribution in [0.3, 0.4) is 0 Å². The molecule has 1 unspecified atom stereocenters. The maximum absolute atomic E-state index is 11.9. The second-order valence-electron chi connectivity index (χ2n) is 3.70. The van der Waals surface area contributed by atoms with E-state index >= 15 is 0 Å². The molecule has 0 aromatic rings. The molecule has 94 valence electrons. The van der Waals surface area contributed by atoms with Gasteiger partial charge in [-0.3, -0.25) is 10.2 Å². The summed E-state index contributed by atoms with van der Waals surface area (Å²) in [6.07, 6.45) is 0. The van der Waals surface area contributed by atoms with Crippen molar-refractivity contribution in [2.75, 3.05) is 32.1 Å². The maximum Gasteiger partial charge on any atom is 0.237 e. The second-order valence-corrected chi connectivity index (χ2v) is 5.71. The third-order valence-corrected chi connectivity index (χ3v) is 4.49. The van der Waals surface area contributed by atoms with Crippen molar-refractivity contribution in [3.8, 4) is 0 Å². The Bertz CT molecular complexity index is 337. The van der Waals surface area contributed by atoms with E-state index in [2.05, 4.69) is 0 Å². The number of ether oxygens (including phenoxy) is 1. The minimum absolute atomic E-state index is 0.226. The number of hydrogen-bond donors (Lipinski definition) is 2. The van der Waals surface area contributed by atoms with Crippen molar-refractivity contribution < 1.29 is 17.9 Å². The molecule has 1 rings (SSSR count). The van der Waals surface area contributed by atoms with Gasteiger partial charge in [-0.15, -0.1) is 0 Å². The first-order valence-corrected chi connectivity index (χ1v) is 6.64. The summed E-state index contributed by atoms with van der Waals surface area (Å²) >= 11 is 0. The highest BCUT2D eigenvalue weighted by molar-refractivity contribution is 7.89. The van der Waals surface area contributed by atoms with Crippen LogP contribution in [0.1, 0.15) is 6.92 Å². The molecule has 0 aliphatic carbocycles. The van der Waals surface area contributed by atoms with Gasteiger partial charge in [0.15, 0.2) is 0 Å². The lowest BCUT2D eigenvalue weighted by molar-refractivity contribution is -0.123. The summed E-state index contributed by atoms with van der Waals surface area (Å²) in [7, 11) is -3.40. The number of amides is 1. The van der Waals surface area contributed by atoms with Crippen molar-refractivity contribution in [3.63, 3.8) is 0 Å². The van der Waals surface area contributed by atoms with Gasteiger partial charge in [-0.25, -0.2) is 14.3 Å². The van der Waals surface area contributed by atoms with Crippen molar-refractivity contribution in [1.82, 2.24) is 9.73 Å². The summed E-state index contributed by atoms with van der Waals surface area (Å²) in [5, 5.41) is 0. The Balaban J connectivity index is 2.60. The van der Waals surface area contributed by atoms with E-state index in [1.54, 1.807) is 0 Å². The number of carbonyl (C=O) groups excluding carboxylic acids is 1. The lowest BCUT2D eigenvalue weighted by atomic mass is 10.2. The van der Waals surface area contributed by atoms with Crippen LogP contribution in [-0.2, 0) is 19.6 Å². The predicted octanol–water partition coefficient (Wildman–Crippen LogP) is -1.73. The number of carbonyl (C=O) groups is 1. The molecule has 0 saturated carbocycles. The van der Waals surface area contributed by atoms with Gasteiger partial charge in [-0.05, 0) is 0 Å². The molecule has 7 nitrogen and oxygen atoms in total. The zero-order valence-electron chi connectivity index (χ0n) is 9.18. The van der Waals surface area contributed by atoms with E-state index in [-0.39, 0.29) is 5.75 Å². The number of nitrogens with zero attached hydrogens (tertiary/aromatic N) is 1. The van der Waals surface area contributed by atoms with E-state index in [1.807, 2.05) is 5.43 Å². The lowest BCUT2D eigenvalue weighted by Gasteiger charge is -2.26. The van der Waals surface area contributed by atoms with E-state index < -0.39 is 21.8 Å². The minimum Gasteiger partial charge on any atom is -0.379 e. The largest absolute Gasteiger partial charge is 0.379 e. The number of sulfonamides is 1. The Kier molecular flexibility index (Phi) is 4.66. The highest BCUT2D eigenvalue weighted by Crippen LogP contribution is 2.09. The van der Waals surface area contributed by atoms with Gasteiger partial charge in [-0.1, -0.05) is 6.92 Å². The molecule has 3 N–H and O–H groups in total. The lowest BCUT2D eigenvalue weighted by Crippen LogP contribution is -2.45. The van der Waals surface area contributed by atoms with Crippen molar-refractivity contribution in [2.45, 2.75) is 6.92 Å². The van der Waals surface area contributed by atoms with Gasteiger partial charge in [0, 0.05) is 13.1 Å². The summed E-state index contributed by atoms with van der Waals surface area (Å²) < 4.78 is 30.1. The number of hydrogen-bond acceptors (Lipinski definition) is 5. The SMILES string of the molecule is CC(CS(=O)(=O)N1CCOCC1)C(=O)NN. The fraction of sp³-hybridized carbons (Fsp3) is 0.875. The summed E-state index contributed by atoms with van der Waals surface area (Å²) in [6, 6.07) is 0. The van der Waals surface area contributed by atoms with Crippen LogP contribution < -0.4 is 11.3 Å². The molecule has 1 atom stereocenters. The topological polar surface area (TPSA) is 102 Å². The molecular weight excluding hydrogens is 234 g/mol. The maximum atomic E-state index is 11.9. The highest BCUT2D eigenvalue weighted by Gasteiger charge is 2.28. The third kappa shape index (κ3) is 3.41. The van der Waals surface area contributed by atoms with Gasteiger partial charge in [-0.2, -0.15) is 4.31 Å². The Morgan fingerprint density at radius 2 is 2.06 bits per heavy atom. The first-order valence-electron chi connectivity index (χ1n) is 5.03. The monoisotopic (exact) mass is 251 g/mol. The fourth-order valence-corrected chi connectivity index (χ4v) is 3.16. The molecule has 0 aromatic heterocycles. The Labute approximate surface area is 94.9 Å². The van der Waals surface area contributed by atoms with Crippen LogP contribution in [0.5, 0.6) is 0 Å². The second kappa shape index (κ2) is 5.58. The first-order chi connectivity index (χ1) is 7.47. The van der Waals surface area contributed by atoms with Gasteiger partial charge in [0.2, 0.25) is 15.9 Å². The number of rotatable bonds is 4. The fourth-order valence-electron chi connectivity index (χ4n) is 1.46. The van der Waals surface area contributed by atoms with Gasteiger partial charge in [0.25, 0.3) is 0 Å². The van der Waals surface area contributed by atoms with Crippen molar-refractivity contribution in [1.29, 1.82) is 0 Å². The first kappa shape index (κ1) is 13.4. The van der Waals surface area contributed by atoms with Gasteiger partial charge in [0.1, 0.15) is 0 Å². The number of hydrazine groups is 1. The quantitative estimate of drug-likeness (QED) is 0.351. The van der Waals surface area contributed by atoms with Crippen LogP contribution in [0.4, 0.5) is 0 Å². The molecule has 0 radical (unpaired) electrons. The molecule has 1 amide bonds. The van der Waals surface area contributed by atoms with Crippen molar-refractivity contribution >= 4 is 15.9 Å². The van der Waals surface area contributed by atoms with Crippen molar-refractivity contribution in [3.05, 3.63) is 0 Å².